The van der Waals surface area contributed by atoms with E-state index in [1.807, 2.05) is 18.2 Å². The van der Waals surface area contributed by atoms with E-state index >= 15 is 0 Å². The second kappa shape index (κ2) is 12.1. The summed E-state index contributed by atoms with van der Waals surface area (Å²) in [7, 11) is 0. The summed E-state index contributed by atoms with van der Waals surface area (Å²) in [6.45, 7) is 5.08. The molecule has 3 nitrogen and oxygen atoms in total. The first-order valence-electron chi connectivity index (χ1n) is 11.6. The van der Waals surface area contributed by atoms with Crippen molar-refractivity contribution in [2.24, 2.45) is 11.7 Å². The Balaban J connectivity index is 1.63. The predicted octanol–water partition coefficient (Wildman–Crippen LogP) is 7.49. The second-order valence-corrected chi connectivity index (χ2v) is 9.79. The zero-order valence-corrected chi connectivity index (χ0v) is 20.8. The molecule has 2 aromatic rings. The summed E-state index contributed by atoms with van der Waals surface area (Å²) in [6.07, 6.45) is 12.7. The molecule has 1 aliphatic carbocycles. The van der Waals surface area contributed by atoms with E-state index in [1.165, 1.54) is 43.3 Å². The van der Waals surface area contributed by atoms with E-state index < -0.39 is 0 Å². The topological polar surface area (TPSA) is 52.3 Å². The molecule has 1 saturated carbocycles. The van der Waals surface area contributed by atoms with Crippen LogP contribution in [0.25, 0.3) is 5.57 Å². The highest BCUT2D eigenvalue weighted by atomic mass is 79.9. The minimum Gasteiger partial charge on any atom is -0.493 e. The molecule has 0 bridgehead atoms. The number of carbonyl (C=O) groups is 1. The second-order valence-electron chi connectivity index (χ2n) is 8.87. The molecule has 0 saturated heterocycles. The molecule has 0 heterocycles. The van der Waals surface area contributed by atoms with Gasteiger partial charge < -0.3 is 10.5 Å². The minimum absolute atomic E-state index is 0.387. The third kappa shape index (κ3) is 7.37. The van der Waals surface area contributed by atoms with Gasteiger partial charge >= 0.3 is 0 Å². The molecule has 0 spiro atoms. The smallest absolute Gasteiger partial charge is 0.248 e. The van der Waals surface area contributed by atoms with Crippen LogP contribution in [-0.4, -0.2) is 12.5 Å². The lowest BCUT2D eigenvalue weighted by molar-refractivity contribution is 0.1000. The number of hydrogen-bond acceptors (Lipinski definition) is 2. The lowest BCUT2D eigenvalue weighted by Gasteiger charge is -2.22. The van der Waals surface area contributed by atoms with E-state index in [0.29, 0.717) is 11.5 Å². The lowest BCUT2D eigenvalue weighted by atomic mass is 9.90. The summed E-state index contributed by atoms with van der Waals surface area (Å²) in [5, 5.41) is 0. The van der Waals surface area contributed by atoms with Crippen molar-refractivity contribution < 1.29 is 9.53 Å². The maximum atomic E-state index is 11.4. The number of halogens is 1. The Morgan fingerprint density at radius 3 is 2.62 bits per heavy atom. The summed E-state index contributed by atoms with van der Waals surface area (Å²) >= 11 is 3.61. The van der Waals surface area contributed by atoms with E-state index in [2.05, 4.69) is 60.1 Å². The van der Waals surface area contributed by atoms with Gasteiger partial charge in [0.05, 0.1) is 6.61 Å². The Labute approximate surface area is 200 Å². The van der Waals surface area contributed by atoms with Crippen molar-refractivity contribution in [1.82, 2.24) is 0 Å². The molecule has 1 fully saturated rings. The number of rotatable bonds is 9. The van der Waals surface area contributed by atoms with Crippen LogP contribution in [0.5, 0.6) is 5.75 Å². The monoisotopic (exact) mass is 495 g/mol. The molecule has 0 radical (unpaired) electrons. The van der Waals surface area contributed by atoms with Crippen LogP contribution in [0.1, 0.15) is 73.9 Å². The van der Waals surface area contributed by atoms with Crippen molar-refractivity contribution >= 4 is 27.4 Å². The molecular formula is C28H34BrNO2. The molecule has 170 valence electrons. The number of ether oxygens (including phenoxy) is 1. The van der Waals surface area contributed by atoms with Crippen LogP contribution in [0, 0.1) is 5.92 Å². The first-order chi connectivity index (χ1) is 15.4. The molecule has 1 amide bonds. The molecule has 0 unspecified atom stereocenters. The summed E-state index contributed by atoms with van der Waals surface area (Å²) in [5.74, 6) is 1.27. The number of nitrogens with two attached hydrogens (primary N) is 1. The molecule has 0 aromatic heterocycles. The van der Waals surface area contributed by atoms with E-state index in [-0.39, 0.29) is 5.91 Å². The molecule has 4 heteroatoms. The number of allylic oxidation sites excluding steroid dienone is 4. The SMILES string of the molecule is C/C(=C/C/C=C(\C)c1cc(Br)ccc1OCC1CCCCC1)Cc1cccc(C(N)=O)c1. The van der Waals surface area contributed by atoms with Gasteiger partial charge in [0.15, 0.2) is 0 Å². The van der Waals surface area contributed by atoms with Crippen molar-refractivity contribution in [3.8, 4) is 5.75 Å². The van der Waals surface area contributed by atoms with Gasteiger partial charge in [0, 0.05) is 15.6 Å². The minimum atomic E-state index is -0.387. The van der Waals surface area contributed by atoms with Gasteiger partial charge in [-0.05, 0) is 86.9 Å². The van der Waals surface area contributed by atoms with Gasteiger partial charge in [0.1, 0.15) is 5.75 Å². The molecule has 3 rings (SSSR count). The summed E-state index contributed by atoms with van der Waals surface area (Å²) < 4.78 is 7.34. The Bertz CT molecular complexity index is 987. The zero-order chi connectivity index (χ0) is 22.9. The maximum absolute atomic E-state index is 11.4. The lowest BCUT2D eigenvalue weighted by Crippen LogP contribution is -2.15. The molecule has 32 heavy (non-hydrogen) atoms. The van der Waals surface area contributed by atoms with Gasteiger partial charge in [0.25, 0.3) is 0 Å². The predicted molar refractivity (Wildman–Crippen MR) is 137 cm³/mol. The number of carbonyl (C=O) groups excluding carboxylic acids is 1. The highest BCUT2D eigenvalue weighted by molar-refractivity contribution is 9.10. The van der Waals surface area contributed by atoms with Crippen LogP contribution in [0.4, 0.5) is 0 Å². The molecule has 2 aromatic carbocycles. The van der Waals surface area contributed by atoms with E-state index in [1.54, 1.807) is 6.07 Å². The van der Waals surface area contributed by atoms with E-state index in [9.17, 15) is 4.79 Å². The molecule has 0 aliphatic heterocycles. The highest BCUT2D eigenvalue weighted by Gasteiger charge is 2.15. The summed E-state index contributed by atoms with van der Waals surface area (Å²) in [6, 6.07) is 13.8. The van der Waals surface area contributed by atoms with Gasteiger partial charge in [-0.2, -0.15) is 0 Å². The fourth-order valence-corrected chi connectivity index (χ4v) is 4.63. The Kier molecular flexibility index (Phi) is 9.16. The number of benzene rings is 2. The van der Waals surface area contributed by atoms with Crippen molar-refractivity contribution in [3.63, 3.8) is 0 Å². The Morgan fingerprint density at radius 1 is 1.09 bits per heavy atom. The van der Waals surface area contributed by atoms with Crippen LogP contribution >= 0.6 is 15.9 Å². The number of hydrogen-bond donors (Lipinski definition) is 1. The van der Waals surface area contributed by atoms with Gasteiger partial charge in [-0.3, -0.25) is 4.79 Å². The van der Waals surface area contributed by atoms with Gasteiger partial charge in [0.2, 0.25) is 5.91 Å². The largest absolute Gasteiger partial charge is 0.493 e. The fraction of sp³-hybridized carbons (Fsp3) is 0.393. The van der Waals surface area contributed by atoms with Crippen molar-refractivity contribution in [3.05, 3.63) is 81.4 Å². The van der Waals surface area contributed by atoms with Crippen molar-refractivity contribution in [2.75, 3.05) is 6.61 Å². The van der Waals surface area contributed by atoms with E-state index in [4.69, 9.17) is 10.5 Å². The fourth-order valence-electron chi connectivity index (χ4n) is 4.27. The third-order valence-corrected chi connectivity index (χ3v) is 6.64. The first-order valence-corrected chi connectivity index (χ1v) is 12.4. The van der Waals surface area contributed by atoms with Crippen molar-refractivity contribution in [1.29, 1.82) is 0 Å². The summed E-state index contributed by atoms with van der Waals surface area (Å²) in [4.78, 5) is 11.4. The highest BCUT2D eigenvalue weighted by Crippen LogP contribution is 2.31. The quantitative estimate of drug-likeness (QED) is 0.366. The Morgan fingerprint density at radius 2 is 1.88 bits per heavy atom. The first kappa shape index (κ1) is 24.3. The average Bonchev–Trinajstić information content (AvgIpc) is 2.79. The molecule has 0 atom stereocenters. The van der Waals surface area contributed by atoms with Gasteiger partial charge in [-0.1, -0.05) is 65.1 Å². The van der Waals surface area contributed by atoms with Gasteiger partial charge in [-0.15, -0.1) is 0 Å². The maximum Gasteiger partial charge on any atom is 0.248 e. The summed E-state index contributed by atoms with van der Waals surface area (Å²) in [5.41, 5.74) is 10.7. The molecule has 2 N–H and O–H groups in total. The van der Waals surface area contributed by atoms with Gasteiger partial charge in [-0.25, -0.2) is 0 Å². The van der Waals surface area contributed by atoms with Crippen LogP contribution in [0.2, 0.25) is 0 Å². The standard InChI is InChI=1S/C28H34BrNO2/c1-20(16-23-12-7-13-24(17-23)28(30)31)8-6-9-21(2)26-18-25(29)14-15-27(26)32-19-22-10-4-3-5-11-22/h7-9,12-15,17-18,22H,3-6,10-11,16,19H2,1-2H3,(H2,30,31)/b20-8-,21-9+. The van der Waals surface area contributed by atoms with Crippen molar-refractivity contribution in [2.45, 2.75) is 58.8 Å². The third-order valence-electron chi connectivity index (χ3n) is 6.15. The zero-order valence-electron chi connectivity index (χ0n) is 19.2. The number of primary amides is 1. The van der Waals surface area contributed by atoms with Crippen LogP contribution < -0.4 is 10.5 Å². The number of amides is 1. The van der Waals surface area contributed by atoms with E-state index in [0.717, 1.165) is 40.8 Å². The Hall–Kier alpha value is -2.33. The molecular weight excluding hydrogens is 462 g/mol. The van der Waals surface area contributed by atoms with Crippen LogP contribution in [-0.2, 0) is 6.42 Å². The van der Waals surface area contributed by atoms with Crippen LogP contribution in [0.15, 0.2) is 64.7 Å². The van der Waals surface area contributed by atoms with Crippen LogP contribution in [0.3, 0.4) is 0 Å². The normalized spacial score (nSPS) is 15.6. The molecule has 1 aliphatic rings. The average molecular weight is 496 g/mol.